The molecule has 0 saturated carbocycles. The quantitative estimate of drug-likeness (QED) is 0.516. The predicted octanol–water partition coefficient (Wildman–Crippen LogP) is 2.10. The average molecular weight is 176 g/mol. The summed E-state index contributed by atoms with van der Waals surface area (Å²) in [5.41, 5.74) is 0. The van der Waals surface area contributed by atoms with Gasteiger partial charge < -0.3 is 9.47 Å². The maximum Gasteiger partial charge on any atom is 0.161 e. The zero-order valence-electron chi connectivity index (χ0n) is 7.62. The molecule has 13 heavy (non-hydrogen) atoms. The van der Waals surface area contributed by atoms with Gasteiger partial charge >= 0.3 is 0 Å². The van der Waals surface area contributed by atoms with Gasteiger partial charge in [-0.15, -0.1) is 12.3 Å². The summed E-state index contributed by atoms with van der Waals surface area (Å²) in [6.45, 7) is 0.525. The summed E-state index contributed by atoms with van der Waals surface area (Å²) in [6, 6.07) is 7.50. The van der Waals surface area contributed by atoms with Crippen LogP contribution in [0.2, 0.25) is 0 Å². The first-order valence-electron chi connectivity index (χ1n) is 4.07. The first kappa shape index (κ1) is 9.47. The van der Waals surface area contributed by atoms with E-state index in [4.69, 9.17) is 15.9 Å². The molecule has 0 saturated heterocycles. The van der Waals surface area contributed by atoms with Crippen molar-refractivity contribution in [3.05, 3.63) is 24.3 Å². The van der Waals surface area contributed by atoms with E-state index in [-0.39, 0.29) is 0 Å². The number of benzene rings is 1. The molecule has 0 aliphatic heterocycles. The molecule has 0 radical (unpaired) electrons. The van der Waals surface area contributed by atoms with E-state index in [1.54, 1.807) is 7.11 Å². The number of ether oxygens (including phenoxy) is 2. The molecule has 0 aliphatic carbocycles. The molecule has 1 aromatic carbocycles. The van der Waals surface area contributed by atoms with E-state index in [0.717, 1.165) is 11.5 Å². The van der Waals surface area contributed by atoms with Crippen LogP contribution in [0.5, 0.6) is 11.5 Å². The number of hydrogen-bond acceptors (Lipinski definition) is 2. The van der Waals surface area contributed by atoms with Crippen LogP contribution in [0.15, 0.2) is 24.3 Å². The van der Waals surface area contributed by atoms with Crippen molar-refractivity contribution in [1.29, 1.82) is 0 Å². The van der Waals surface area contributed by atoms with Gasteiger partial charge in [-0.1, -0.05) is 12.1 Å². The zero-order valence-corrected chi connectivity index (χ0v) is 7.62. The van der Waals surface area contributed by atoms with E-state index in [2.05, 4.69) is 5.92 Å². The molecule has 2 nitrogen and oxygen atoms in total. The molecule has 0 heterocycles. The van der Waals surface area contributed by atoms with Crippen molar-refractivity contribution in [2.75, 3.05) is 13.7 Å². The van der Waals surface area contributed by atoms with Gasteiger partial charge in [-0.2, -0.15) is 0 Å². The second-order valence-corrected chi connectivity index (χ2v) is 2.45. The molecule has 2 heteroatoms. The number of hydrogen-bond donors (Lipinski definition) is 0. The van der Waals surface area contributed by atoms with Crippen LogP contribution in [0.1, 0.15) is 6.42 Å². The van der Waals surface area contributed by atoms with Gasteiger partial charge in [0.25, 0.3) is 0 Å². The Bertz CT molecular complexity index is 299. The van der Waals surface area contributed by atoms with Crippen molar-refractivity contribution in [2.24, 2.45) is 0 Å². The van der Waals surface area contributed by atoms with Crippen molar-refractivity contribution < 1.29 is 9.47 Å². The highest BCUT2D eigenvalue weighted by Gasteiger charge is 2.00. The average Bonchev–Trinajstić information content (AvgIpc) is 2.19. The Hall–Kier alpha value is -1.62. The lowest BCUT2D eigenvalue weighted by atomic mass is 10.3. The minimum absolute atomic E-state index is 0.525. The highest BCUT2D eigenvalue weighted by Crippen LogP contribution is 2.25. The highest BCUT2D eigenvalue weighted by molar-refractivity contribution is 5.39. The van der Waals surface area contributed by atoms with E-state index >= 15 is 0 Å². The van der Waals surface area contributed by atoms with Gasteiger partial charge in [-0.3, -0.25) is 0 Å². The fourth-order valence-electron chi connectivity index (χ4n) is 0.958. The topological polar surface area (TPSA) is 18.5 Å². The molecule has 68 valence electrons. The van der Waals surface area contributed by atoms with Crippen molar-refractivity contribution >= 4 is 0 Å². The third kappa shape index (κ3) is 2.72. The Labute approximate surface area is 78.5 Å². The van der Waals surface area contributed by atoms with E-state index in [0.29, 0.717) is 13.0 Å². The van der Waals surface area contributed by atoms with Gasteiger partial charge in [-0.25, -0.2) is 0 Å². The molecular weight excluding hydrogens is 164 g/mol. The Morgan fingerprint density at radius 2 is 2.00 bits per heavy atom. The molecule has 1 aromatic rings. The van der Waals surface area contributed by atoms with Gasteiger partial charge in [0, 0.05) is 6.42 Å². The first-order valence-corrected chi connectivity index (χ1v) is 4.07. The smallest absolute Gasteiger partial charge is 0.161 e. The molecule has 0 aromatic heterocycles. The second kappa shape index (κ2) is 5.10. The highest BCUT2D eigenvalue weighted by atomic mass is 16.5. The van der Waals surface area contributed by atoms with Crippen molar-refractivity contribution in [3.8, 4) is 23.8 Å². The Morgan fingerprint density at radius 1 is 1.31 bits per heavy atom. The number of terminal acetylenes is 1. The van der Waals surface area contributed by atoms with Gasteiger partial charge in [0.05, 0.1) is 13.7 Å². The van der Waals surface area contributed by atoms with Crippen molar-refractivity contribution in [1.82, 2.24) is 0 Å². The van der Waals surface area contributed by atoms with Crippen molar-refractivity contribution in [2.45, 2.75) is 6.42 Å². The monoisotopic (exact) mass is 176 g/mol. The summed E-state index contributed by atoms with van der Waals surface area (Å²) in [7, 11) is 1.61. The molecule has 0 aliphatic rings. The second-order valence-electron chi connectivity index (χ2n) is 2.45. The van der Waals surface area contributed by atoms with Crippen LogP contribution in [-0.4, -0.2) is 13.7 Å². The summed E-state index contributed by atoms with van der Waals surface area (Å²) < 4.78 is 10.5. The number of methoxy groups -OCH3 is 1. The van der Waals surface area contributed by atoms with Gasteiger partial charge in [0.2, 0.25) is 0 Å². The Kier molecular flexibility index (Phi) is 3.72. The standard InChI is InChI=1S/C11H12O2/c1-3-4-9-13-11-8-6-5-7-10(11)12-2/h1,5-8H,4,9H2,2H3. The fourth-order valence-corrected chi connectivity index (χ4v) is 0.958. The summed E-state index contributed by atoms with van der Waals surface area (Å²) in [4.78, 5) is 0. The lowest BCUT2D eigenvalue weighted by Gasteiger charge is -2.08. The lowest BCUT2D eigenvalue weighted by Crippen LogP contribution is -1.97. The van der Waals surface area contributed by atoms with Crippen LogP contribution in [0.4, 0.5) is 0 Å². The number of rotatable bonds is 4. The normalized spacial score (nSPS) is 8.92. The van der Waals surface area contributed by atoms with Crippen LogP contribution in [0.25, 0.3) is 0 Å². The summed E-state index contributed by atoms with van der Waals surface area (Å²) in [5, 5.41) is 0. The van der Waals surface area contributed by atoms with Crippen LogP contribution in [-0.2, 0) is 0 Å². The summed E-state index contributed by atoms with van der Waals surface area (Å²) in [5.74, 6) is 3.98. The zero-order chi connectivity index (χ0) is 9.52. The molecule has 0 atom stereocenters. The predicted molar refractivity (Wildman–Crippen MR) is 51.9 cm³/mol. The van der Waals surface area contributed by atoms with Gasteiger partial charge in [0.15, 0.2) is 11.5 Å². The molecule has 0 unspecified atom stereocenters. The maximum absolute atomic E-state index is 5.40. The minimum atomic E-state index is 0.525. The molecule has 0 fully saturated rings. The van der Waals surface area contributed by atoms with Crippen LogP contribution in [0, 0.1) is 12.3 Å². The molecule has 0 spiro atoms. The van der Waals surface area contributed by atoms with E-state index in [1.807, 2.05) is 24.3 Å². The van der Waals surface area contributed by atoms with Crippen molar-refractivity contribution in [3.63, 3.8) is 0 Å². The largest absolute Gasteiger partial charge is 0.493 e. The Morgan fingerprint density at radius 3 is 2.62 bits per heavy atom. The first-order chi connectivity index (χ1) is 6.38. The maximum atomic E-state index is 5.40. The minimum Gasteiger partial charge on any atom is -0.493 e. The molecule has 1 rings (SSSR count). The van der Waals surface area contributed by atoms with Crippen LogP contribution < -0.4 is 9.47 Å². The van der Waals surface area contributed by atoms with Crippen LogP contribution in [0.3, 0.4) is 0 Å². The van der Waals surface area contributed by atoms with E-state index in [1.165, 1.54) is 0 Å². The molecule has 0 N–H and O–H groups in total. The van der Waals surface area contributed by atoms with Gasteiger partial charge in [0.1, 0.15) is 0 Å². The number of para-hydroxylation sites is 2. The summed E-state index contributed by atoms with van der Waals surface area (Å²) >= 11 is 0. The third-order valence-electron chi connectivity index (χ3n) is 1.57. The fraction of sp³-hybridized carbons (Fsp3) is 0.273. The molecule has 0 amide bonds. The molecule has 0 bridgehead atoms. The van der Waals surface area contributed by atoms with E-state index in [9.17, 15) is 0 Å². The summed E-state index contributed by atoms with van der Waals surface area (Å²) in [6.07, 6.45) is 5.71. The third-order valence-corrected chi connectivity index (χ3v) is 1.57. The lowest BCUT2D eigenvalue weighted by molar-refractivity contribution is 0.301. The Balaban J connectivity index is 2.60. The SMILES string of the molecule is C#CCCOc1ccccc1OC. The van der Waals surface area contributed by atoms with E-state index < -0.39 is 0 Å². The van der Waals surface area contributed by atoms with Gasteiger partial charge in [-0.05, 0) is 12.1 Å². The molecular formula is C11H12O2. The van der Waals surface area contributed by atoms with Crippen LogP contribution >= 0.6 is 0 Å².